The Morgan fingerprint density at radius 1 is 1.33 bits per heavy atom. The number of nitrogens with one attached hydrogen (secondary N) is 1. The summed E-state index contributed by atoms with van der Waals surface area (Å²) < 4.78 is 0. The molecule has 0 aromatic carbocycles. The van der Waals surface area contributed by atoms with Gasteiger partial charge in [-0.3, -0.25) is 0 Å². The summed E-state index contributed by atoms with van der Waals surface area (Å²) in [5, 5.41) is 3.72. The van der Waals surface area contributed by atoms with Crippen LogP contribution in [-0.2, 0) is 0 Å². The van der Waals surface area contributed by atoms with Gasteiger partial charge in [-0.25, -0.2) is 0 Å². The van der Waals surface area contributed by atoms with Crippen LogP contribution >= 0.6 is 0 Å². The molecule has 1 aliphatic carbocycles. The van der Waals surface area contributed by atoms with Gasteiger partial charge in [-0.2, -0.15) is 0 Å². The van der Waals surface area contributed by atoms with E-state index in [9.17, 15) is 0 Å². The van der Waals surface area contributed by atoms with Gasteiger partial charge in [0.1, 0.15) is 0 Å². The molecule has 4 atom stereocenters. The average Bonchev–Trinajstić information content (AvgIpc) is 3.15. The van der Waals surface area contributed by atoms with Crippen LogP contribution in [0.15, 0.2) is 11.8 Å². The zero-order valence-electron chi connectivity index (χ0n) is 12.5. The molecule has 104 valence electrons. The van der Waals surface area contributed by atoms with E-state index >= 15 is 0 Å². The van der Waals surface area contributed by atoms with Crippen molar-refractivity contribution >= 4 is 0 Å². The summed E-state index contributed by atoms with van der Waals surface area (Å²) in [6.45, 7) is 8.24. The Balaban J connectivity index is 1.77. The second kappa shape index (κ2) is 6.63. The van der Waals surface area contributed by atoms with Gasteiger partial charge in [0.05, 0.1) is 0 Å². The summed E-state index contributed by atoms with van der Waals surface area (Å²) in [6, 6.07) is 0. The Hall–Kier alpha value is -0.460. The monoisotopic (exact) mass is 249 g/mol. The summed E-state index contributed by atoms with van der Waals surface area (Å²) in [5.74, 6) is 3.79. The van der Waals surface area contributed by atoms with Crippen molar-refractivity contribution in [3.05, 3.63) is 11.8 Å². The van der Waals surface area contributed by atoms with Crippen LogP contribution < -0.4 is 5.32 Å². The number of allylic oxidation sites excluding steroid dienone is 2. The lowest BCUT2D eigenvalue weighted by atomic mass is 9.81. The maximum atomic E-state index is 3.72. The summed E-state index contributed by atoms with van der Waals surface area (Å²) >= 11 is 0. The van der Waals surface area contributed by atoms with Gasteiger partial charge < -0.3 is 5.32 Å². The minimum absolute atomic E-state index is 0.909. The second-order valence-electron chi connectivity index (χ2n) is 6.40. The molecule has 1 saturated heterocycles. The van der Waals surface area contributed by atoms with Crippen molar-refractivity contribution in [1.82, 2.24) is 5.32 Å². The molecule has 1 heterocycles. The molecule has 0 bridgehead atoms. The molecular weight excluding hydrogens is 218 g/mol. The van der Waals surface area contributed by atoms with E-state index in [1.54, 1.807) is 5.70 Å². The van der Waals surface area contributed by atoms with E-state index in [4.69, 9.17) is 0 Å². The van der Waals surface area contributed by atoms with Crippen LogP contribution in [-0.4, -0.2) is 6.54 Å². The molecule has 0 amide bonds. The van der Waals surface area contributed by atoms with Gasteiger partial charge in [0, 0.05) is 12.2 Å². The van der Waals surface area contributed by atoms with Crippen LogP contribution in [0, 0.1) is 23.7 Å². The SMILES string of the molecule is CCC[C@@H](CC)C1CC/C(=C\C2CC2CC)NC1. The molecule has 1 heteroatoms. The predicted molar refractivity (Wildman–Crippen MR) is 79.4 cm³/mol. The topological polar surface area (TPSA) is 12.0 Å². The van der Waals surface area contributed by atoms with Gasteiger partial charge in [-0.1, -0.05) is 52.5 Å². The summed E-state index contributed by atoms with van der Waals surface area (Å²) in [7, 11) is 0. The van der Waals surface area contributed by atoms with Crippen LogP contribution in [0.25, 0.3) is 0 Å². The Morgan fingerprint density at radius 2 is 2.17 bits per heavy atom. The van der Waals surface area contributed by atoms with Gasteiger partial charge in [0.15, 0.2) is 0 Å². The lowest BCUT2D eigenvalue weighted by molar-refractivity contribution is 0.258. The molecule has 0 aromatic rings. The fourth-order valence-electron chi connectivity index (χ4n) is 3.69. The molecule has 0 radical (unpaired) electrons. The zero-order chi connectivity index (χ0) is 13.0. The molecule has 2 aliphatic rings. The van der Waals surface area contributed by atoms with Gasteiger partial charge in [-0.05, 0) is 42.9 Å². The highest BCUT2D eigenvalue weighted by molar-refractivity contribution is 5.11. The van der Waals surface area contributed by atoms with E-state index in [1.807, 2.05) is 0 Å². The highest BCUT2D eigenvalue weighted by Crippen LogP contribution is 2.43. The van der Waals surface area contributed by atoms with Crippen molar-refractivity contribution in [2.24, 2.45) is 23.7 Å². The Bertz CT molecular complexity index is 271. The van der Waals surface area contributed by atoms with E-state index in [2.05, 4.69) is 32.2 Å². The molecule has 1 nitrogen and oxygen atoms in total. The zero-order valence-corrected chi connectivity index (χ0v) is 12.5. The molecule has 1 aliphatic heterocycles. The third-order valence-corrected chi connectivity index (χ3v) is 5.14. The molecule has 2 fully saturated rings. The van der Waals surface area contributed by atoms with Crippen molar-refractivity contribution in [2.75, 3.05) is 6.54 Å². The molecule has 0 aromatic heterocycles. The van der Waals surface area contributed by atoms with Crippen molar-refractivity contribution in [1.29, 1.82) is 0 Å². The fourth-order valence-corrected chi connectivity index (χ4v) is 3.69. The highest BCUT2D eigenvalue weighted by Gasteiger charge is 2.34. The van der Waals surface area contributed by atoms with E-state index < -0.39 is 0 Å². The van der Waals surface area contributed by atoms with E-state index in [-0.39, 0.29) is 0 Å². The van der Waals surface area contributed by atoms with Gasteiger partial charge in [0.25, 0.3) is 0 Å². The third-order valence-electron chi connectivity index (χ3n) is 5.14. The lowest BCUT2D eigenvalue weighted by Gasteiger charge is -2.32. The first kappa shape index (κ1) is 14.0. The van der Waals surface area contributed by atoms with E-state index in [1.165, 1.54) is 51.5 Å². The van der Waals surface area contributed by atoms with E-state index in [0.717, 1.165) is 23.7 Å². The van der Waals surface area contributed by atoms with Gasteiger partial charge >= 0.3 is 0 Å². The summed E-state index contributed by atoms with van der Waals surface area (Å²) in [6.07, 6.45) is 12.2. The Kier molecular flexibility index (Phi) is 5.14. The largest absolute Gasteiger partial charge is 0.388 e. The van der Waals surface area contributed by atoms with Crippen LogP contribution in [0.3, 0.4) is 0 Å². The maximum absolute atomic E-state index is 3.72. The number of rotatable bonds is 6. The van der Waals surface area contributed by atoms with Crippen LogP contribution in [0.5, 0.6) is 0 Å². The van der Waals surface area contributed by atoms with Crippen LogP contribution in [0.2, 0.25) is 0 Å². The number of hydrogen-bond acceptors (Lipinski definition) is 1. The second-order valence-corrected chi connectivity index (χ2v) is 6.40. The first-order valence-corrected chi connectivity index (χ1v) is 8.22. The first-order chi connectivity index (χ1) is 8.78. The van der Waals surface area contributed by atoms with Crippen molar-refractivity contribution < 1.29 is 0 Å². The van der Waals surface area contributed by atoms with Crippen molar-refractivity contribution in [3.8, 4) is 0 Å². The van der Waals surface area contributed by atoms with Crippen molar-refractivity contribution in [2.45, 2.75) is 65.7 Å². The van der Waals surface area contributed by atoms with E-state index in [0.29, 0.717) is 0 Å². The van der Waals surface area contributed by atoms with Crippen LogP contribution in [0.4, 0.5) is 0 Å². The number of hydrogen-bond donors (Lipinski definition) is 1. The molecule has 1 saturated carbocycles. The molecule has 0 spiro atoms. The normalized spacial score (nSPS) is 35.3. The molecule has 3 unspecified atom stereocenters. The maximum Gasteiger partial charge on any atom is 0.0174 e. The van der Waals surface area contributed by atoms with Gasteiger partial charge in [-0.15, -0.1) is 0 Å². The van der Waals surface area contributed by atoms with Crippen LogP contribution in [0.1, 0.15) is 65.7 Å². The summed E-state index contributed by atoms with van der Waals surface area (Å²) in [5.41, 5.74) is 1.55. The average molecular weight is 249 g/mol. The molecular formula is C17H31N. The Morgan fingerprint density at radius 3 is 2.67 bits per heavy atom. The first-order valence-electron chi connectivity index (χ1n) is 8.22. The minimum Gasteiger partial charge on any atom is -0.388 e. The Labute approximate surface area is 113 Å². The highest BCUT2D eigenvalue weighted by atomic mass is 14.9. The van der Waals surface area contributed by atoms with Gasteiger partial charge in [0.2, 0.25) is 0 Å². The molecule has 1 N–H and O–H groups in total. The molecule has 18 heavy (non-hydrogen) atoms. The number of piperidine rings is 1. The smallest absolute Gasteiger partial charge is 0.0174 e. The van der Waals surface area contributed by atoms with Crippen molar-refractivity contribution in [3.63, 3.8) is 0 Å². The summed E-state index contributed by atoms with van der Waals surface area (Å²) in [4.78, 5) is 0. The molecule has 2 rings (SSSR count). The minimum atomic E-state index is 0.909. The standard InChI is InChI=1S/C17H31N/c1-4-7-13(5-2)15-8-9-17(18-12-15)11-16-10-14(16)6-3/h11,13-16,18H,4-10,12H2,1-3H3/b17-11+/t13-,14?,15?,16?/m1/s1. The predicted octanol–water partition coefficient (Wildman–Crippen LogP) is 4.74. The quantitative estimate of drug-likeness (QED) is 0.717. The third kappa shape index (κ3) is 3.52. The lowest BCUT2D eigenvalue weighted by Crippen LogP contribution is -2.32. The fraction of sp³-hybridized carbons (Fsp3) is 0.882.